The van der Waals surface area contributed by atoms with Crippen molar-refractivity contribution in [3.63, 3.8) is 0 Å². The first kappa shape index (κ1) is 23.6. The topological polar surface area (TPSA) is 75.7 Å². The fraction of sp³-hybridized carbons (Fsp3) is 0.435. The highest BCUT2D eigenvalue weighted by Crippen LogP contribution is 2.42. The van der Waals surface area contributed by atoms with E-state index in [9.17, 15) is 13.2 Å². The van der Waals surface area contributed by atoms with E-state index in [4.69, 9.17) is 16.3 Å². The normalized spacial score (nSPS) is 17.6. The molecule has 1 unspecified atom stereocenters. The van der Waals surface area contributed by atoms with E-state index >= 15 is 0 Å². The SMILES string of the molecule is CCC1(CC)CC(NC(=O)CN(Cc2ccccc2Cl)S(C)(=O)=O)c2ccccc2O1. The van der Waals surface area contributed by atoms with Crippen LogP contribution in [0.5, 0.6) is 5.75 Å². The summed E-state index contributed by atoms with van der Waals surface area (Å²) in [6.45, 7) is 3.90. The van der Waals surface area contributed by atoms with Gasteiger partial charge in [0.2, 0.25) is 15.9 Å². The molecule has 0 saturated heterocycles. The number of para-hydroxylation sites is 1. The zero-order valence-corrected chi connectivity index (χ0v) is 19.7. The lowest BCUT2D eigenvalue weighted by Crippen LogP contribution is -2.47. The predicted octanol–water partition coefficient (Wildman–Crippen LogP) is 4.30. The van der Waals surface area contributed by atoms with Gasteiger partial charge < -0.3 is 10.1 Å². The van der Waals surface area contributed by atoms with Crippen molar-refractivity contribution in [3.8, 4) is 5.75 Å². The number of halogens is 1. The Balaban J connectivity index is 1.79. The summed E-state index contributed by atoms with van der Waals surface area (Å²) in [6.07, 6.45) is 3.35. The Kier molecular flexibility index (Phi) is 7.29. The quantitative estimate of drug-likeness (QED) is 0.631. The molecule has 6 nitrogen and oxygen atoms in total. The molecule has 31 heavy (non-hydrogen) atoms. The van der Waals surface area contributed by atoms with Crippen LogP contribution in [0.1, 0.15) is 50.3 Å². The third kappa shape index (κ3) is 5.59. The number of ether oxygens (including phenoxy) is 1. The van der Waals surface area contributed by atoms with E-state index < -0.39 is 10.0 Å². The van der Waals surface area contributed by atoms with Crippen LogP contribution in [0.15, 0.2) is 48.5 Å². The fourth-order valence-corrected chi connectivity index (χ4v) is 4.86. The van der Waals surface area contributed by atoms with Crippen LogP contribution >= 0.6 is 11.6 Å². The first-order chi connectivity index (χ1) is 14.7. The Hall–Kier alpha value is -2.09. The molecule has 0 bridgehead atoms. The summed E-state index contributed by atoms with van der Waals surface area (Å²) in [5, 5.41) is 3.51. The average Bonchev–Trinajstić information content (AvgIpc) is 2.74. The zero-order valence-electron chi connectivity index (χ0n) is 18.1. The van der Waals surface area contributed by atoms with E-state index in [1.165, 1.54) is 0 Å². The molecule has 0 fully saturated rings. The maximum absolute atomic E-state index is 12.9. The van der Waals surface area contributed by atoms with Crippen molar-refractivity contribution in [2.75, 3.05) is 12.8 Å². The van der Waals surface area contributed by atoms with Crippen LogP contribution < -0.4 is 10.1 Å². The highest BCUT2D eigenvalue weighted by molar-refractivity contribution is 7.88. The molecular weight excluding hydrogens is 436 g/mol. The molecule has 0 spiro atoms. The summed E-state index contributed by atoms with van der Waals surface area (Å²) in [4.78, 5) is 12.9. The Labute approximate surface area is 189 Å². The number of nitrogens with zero attached hydrogens (tertiary/aromatic N) is 1. The summed E-state index contributed by atoms with van der Waals surface area (Å²) in [7, 11) is -3.62. The van der Waals surface area contributed by atoms with Crippen molar-refractivity contribution in [3.05, 3.63) is 64.7 Å². The van der Waals surface area contributed by atoms with Crippen molar-refractivity contribution in [1.82, 2.24) is 9.62 Å². The van der Waals surface area contributed by atoms with Crippen LogP contribution in [0, 0.1) is 0 Å². The first-order valence-corrected chi connectivity index (χ1v) is 12.7. The van der Waals surface area contributed by atoms with E-state index in [0.717, 1.165) is 34.7 Å². The van der Waals surface area contributed by atoms with Gasteiger partial charge in [0.05, 0.1) is 18.8 Å². The summed E-state index contributed by atoms with van der Waals surface area (Å²) in [5.41, 5.74) is 1.19. The number of benzene rings is 2. The van der Waals surface area contributed by atoms with Gasteiger partial charge in [0.1, 0.15) is 11.4 Å². The standard InChI is InChI=1S/C23H29ClN2O4S/c1-4-23(5-2)14-20(18-11-7-9-13-21(18)30-23)25-22(27)16-26(31(3,28)29)15-17-10-6-8-12-19(17)24/h6-13,20H,4-5,14-16H2,1-3H3,(H,25,27). The van der Waals surface area contributed by atoms with Crippen molar-refractivity contribution < 1.29 is 17.9 Å². The van der Waals surface area contributed by atoms with Gasteiger partial charge in [-0.25, -0.2) is 8.42 Å². The number of nitrogens with one attached hydrogen (secondary N) is 1. The van der Waals surface area contributed by atoms with Crippen LogP contribution in [-0.4, -0.2) is 37.0 Å². The lowest BCUT2D eigenvalue weighted by atomic mass is 9.83. The maximum Gasteiger partial charge on any atom is 0.235 e. The van der Waals surface area contributed by atoms with Gasteiger partial charge in [0.15, 0.2) is 0 Å². The van der Waals surface area contributed by atoms with Gasteiger partial charge in [-0.05, 0) is 30.5 Å². The Bertz CT molecular complexity index is 1040. The lowest BCUT2D eigenvalue weighted by molar-refractivity contribution is -0.122. The first-order valence-electron chi connectivity index (χ1n) is 10.4. The van der Waals surface area contributed by atoms with E-state index in [-0.39, 0.29) is 30.6 Å². The molecular formula is C23H29ClN2O4S. The van der Waals surface area contributed by atoms with Crippen LogP contribution in [-0.2, 0) is 21.4 Å². The number of fused-ring (bicyclic) bond motifs is 1. The molecule has 2 aromatic rings. The fourth-order valence-electron chi connectivity index (χ4n) is 3.94. The van der Waals surface area contributed by atoms with E-state index in [0.29, 0.717) is 17.0 Å². The number of carbonyl (C=O) groups excluding carboxylic acids is 1. The van der Waals surface area contributed by atoms with Gasteiger partial charge in [-0.15, -0.1) is 0 Å². The zero-order chi connectivity index (χ0) is 22.6. The minimum atomic E-state index is -3.62. The molecule has 1 atom stereocenters. The lowest BCUT2D eigenvalue weighted by Gasteiger charge is -2.41. The van der Waals surface area contributed by atoms with Crippen LogP contribution in [0.2, 0.25) is 5.02 Å². The van der Waals surface area contributed by atoms with Crippen LogP contribution in [0.3, 0.4) is 0 Å². The summed E-state index contributed by atoms with van der Waals surface area (Å²) < 4.78 is 32.1. The van der Waals surface area contributed by atoms with Crippen molar-refractivity contribution in [1.29, 1.82) is 0 Å². The Morgan fingerprint density at radius 1 is 1.16 bits per heavy atom. The van der Waals surface area contributed by atoms with E-state index in [1.807, 2.05) is 24.3 Å². The minimum absolute atomic E-state index is 0.0319. The van der Waals surface area contributed by atoms with E-state index in [1.54, 1.807) is 24.3 Å². The molecule has 1 aliphatic heterocycles. The molecule has 168 valence electrons. The van der Waals surface area contributed by atoms with Gasteiger partial charge >= 0.3 is 0 Å². The maximum atomic E-state index is 12.9. The molecule has 0 aliphatic carbocycles. The summed E-state index contributed by atoms with van der Waals surface area (Å²) >= 11 is 6.19. The average molecular weight is 465 g/mol. The second-order valence-electron chi connectivity index (χ2n) is 7.98. The number of hydrogen-bond donors (Lipinski definition) is 1. The van der Waals surface area contributed by atoms with Gasteiger partial charge in [0.25, 0.3) is 0 Å². The molecule has 2 aromatic carbocycles. The third-order valence-corrected chi connectivity index (χ3v) is 7.48. The molecule has 8 heteroatoms. The second-order valence-corrected chi connectivity index (χ2v) is 10.4. The molecule has 0 radical (unpaired) electrons. The van der Waals surface area contributed by atoms with Gasteiger partial charge in [-0.3, -0.25) is 4.79 Å². The van der Waals surface area contributed by atoms with Crippen molar-refractivity contribution >= 4 is 27.5 Å². The summed E-state index contributed by atoms with van der Waals surface area (Å²) in [5.74, 6) is 0.402. The highest BCUT2D eigenvalue weighted by atomic mass is 35.5. The van der Waals surface area contributed by atoms with Gasteiger partial charge in [0, 0.05) is 23.6 Å². The minimum Gasteiger partial charge on any atom is -0.487 e. The molecule has 1 aliphatic rings. The van der Waals surface area contributed by atoms with Crippen molar-refractivity contribution in [2.24, 2.45) is 0 Å². The number of hydrogen-bond acceptors (Lipinski definition) is 4. The monoisotopic (exact) mass is 464 g/mol. The van der Waals surface area contributed by atoms with Crippen molar-refractivity contribution in [2.45, 2.75) is 51.3 Å². The molecule has 0 aromatic heterocycles. The Morgan fingerprint density at radius 3 is 2.45 bits per heavy atom. The molecule has 0 saturated carbocycles. The van der Waals surface area contributed by atoms with Crippen LogP contribution in [0.25, 0.3) is 0 Å². The molecule has 1 amide bonds. The number of carbonyl (C=O) groups is 1. The summed E-state index contributed by atoms with van der Waals surface area (Å²) in [6, 6.07) is 14.4. The molecule has 3 rings (SSSR count). The second kappa shape index (κ2) is 9.59. The predicted molar refractivity (Wildman–Crippen MR) is 123 cm³/mol. The molecule has 1 heterocycles. The Morgan fingerprint density at radius 2 is 1.81 bits per heavy atom. The molecule has 1 N–H and O–H groups in total. The largest absolute Gasteiger partial charge is 0.487 e. The number of amides is 1. The van der Waals surface area contributed by atoms with Gasteiger partial charge in [-0.1, -0.05) is 61.8 Å². The number of sulfonamides is 1. The highest BCUT2D eigenvalue weighted by Gasteiger charge is 2.39. The van der Waals surface area contributed by atoms with Crippen LogP contribution in [0.4, 0.5) is 0 Å². The third-order valence-electron chi connectivity index (χ3n) is 5.91. The van der Waals surface area contributed by atoms with E-state index in [2.05, 4.69) is 19.2 Å². The number of rotatable bonds is 8. The van der Waals surface area contributed by atoms with Gasteiger partial charge in [-0.2, -0.15) is 4.31 Å². The smallest absolute Gasteiger partial charge is 0.235 e.